The van der Waals surface area contributed by atoms with Crippen molar-refractivity contribution < 1.29 is 13.9 Å². The minimum absolute atomic E-state index is 0.0108. The zero-order chi connectivity index (χ0) is 20.9. The molecule has 29 heavy (non-hydrogen) atoms. The van der Waals surface area contributed by atoms with E-state index in [0.717, 1.165) is 16.9 Å². The summed E-state index contributed by atoms with van der Waals surface area (Å²) in [6.45, 7) is 7.24. The number of nitrogens with one attached hydrogen (secondary N) is 1. The molecule has 0 aliphatic heterocycles. The van der Waals surface area contributed by atoms with Crippen molar-refractivity contribution in [3.05, 3.63) is 88.3 Å². The van der Waals surface area contributed by atoms with Crippen molar-refractivity contribution in [2.75, 3.05) is 6.54 Å². The fourth-order valence-corrected chi connectivity index (χ4v) is 2.97. The van der Waals surface area contributed by atoms with Gasteiger partial charge in [-0.05, 0) is 41.3 Å². The van der Waals surface area contributed by atoms with Gasteiger partial charge in [0, 0.05) is 23.6 Å². The van der Waals surface area contributed by atoms with Crippen molar-refractivity contribution in [1.82, 2.24) is 5.32 Å². The van der Waals surface area contributed by atoms with E-state index in [4.69, 9.17) is 20.8 Å². The minimum Gasteiger partial charge on any atom is -0.489 e. The summed E-state index contributed by atoms with van der Waals surface area (Å²) in [5, 5.41) is 3.52. The fraction of sp³-hybridized carbons (Fsp3) is 0.292. The van der Waals surface area contributed by atoms with Crippen LogP contribution in [0.5, 0.6) is 5.75 Å². The third-order valence-corrected chi connectivity index (χ3v) is 4.52. The van der Waals surface area contributed by atoms with Crippen LogP contribution < -0.4 is 10.1 Å². The van der Waals surface area contributed by atoms with Crippen molar-refractivity contribution >= 4 is 17.5 Å². The lowest BCUT2D eigenvalue weighted by atomic mass is 9.97. The first kappa shape index (κ1) is 21.0. The predicted octanol–water partition coefficient (Wildman–Crippen LogP) is 5.88. The van der Waals surface area contributed by atoms with E-state index in [1.54, 1.807) is 12.1 Å². The number of furan rings is 1. The maximum absolute atomic E-state index is 12.3. The van der Waals surface area contributed by atoms with Crippen molar-refractivity contribution in [3.63, 3.8) is 0 Å². The molecular weight excluding hydrogens is 386 g/mol. The molecule has 3 rings (SSSR count). The Labute approximate surface area is 176 Å². The number of amides is 1. The quantitative estimate of drug-likeness (QED) is 0.528. The average Bonchev–Trinajstić information content (AvgIpc) is 3.14. The zero-order valence-electron chi connectivity index (χ0n) is 17.0. The highest BCUT2D eigenvalue weighted by Crippen LogP contribution is 2.27. The third kappa shape index (κ3) is 6.40. The van der Waals surface area contributed by atoms with Crippen LogP contribution in [0.2, 0.25) is 5.02 Å². The Kier molecular flexibility index (Phi) is 6.65. The largest absolute Gasteiger partial charge is 0.489 e. The van der Waals surface area contributed by atoms with Gasteiger partial charge in [-0.3, -0.25) is 4.79 Å². The van der Waals surface area contributed by atoms with E-state index < -0.39 is 0 Å². The monoisotopic (exact) mass is 411 g/mol. The van der Waals surface area contributed by atoms with Crippen molar-refractivity contribution in [1.29, 1.82) is 0 Å². The molecule has 5 heteroatoms. The number of ether oxygens (including phenoxy) is 1. The second-order valence-corrected chi connectivity index (χ2v) is 8.65. The van der Waals surface area contributed by atoms with Crippen LogP contribution in [0.4, 0.5) is 0 Å². The highest BCUT2D eigenvalue weighted by molar-refractivity contribution is 6.30. The molecule has 1 amide bonds. The summed E-state index contributed by atoms with van der Waals surface area (Å²) >= 11 is 6.19. The first-order valence-electron chi connectivity index (χ1n) is 9.62. The molecule has 0 atom stereocenters. The Morgan fingerprint density at radius 3 is 2.55 bits per heavy atom. The molecule has 0 aliphatic carbocycles. The maximum atomic E-state index is 12.3. The minimum atomic E-state index is -0.210. The standard InChI is InChI=1S/C24H26ClNO3/c1-24(2,3)16-26-23(27)22-12-10-20(29-22)14-18-13-19(25)9-11-21(18)28-15-17-7-5-4-6-8-17/h4-13H,14-16H2,1-3H3,(H,26,27). The second-order valence-electron chi connectivity index (χ2n) is 8.21. The van der Waals surface area contributed by atoms with Crippen LogP contribution in [0.1, 0.15) is 48.2 Å². The van der Waals surface area contributed by atoms with Crippen LogP contribution in [0, 0.1) is 5.41 Å². The van der Waals surface area contributed by atoms with Crippen molar-refractivity contribution in [2.45, 2.75) is 33.8 Å². The molecule has 0 aliphatic rings. The first-order valence-corrected chi connectivity index (χ1v) is 10.00. The molecule has 0 spiro atoms. The second kappa shape index (κ2) is 9.19. The highest BCUT2D eigenvalue weighted by atomic mass is 35.5. The van der Waals surface area contributed by atoms with Crippen LogP contribution in [0.25, 0.3) is 0 Å². The summed E-state index contributed by atoms with van der Waals surface area (Å²) in [5.41, 5.74) is 2.00. The summed E-state index contributed by atoms with van der Waals surface area (Å²) in [4.78, 5) is 12.3. The Morgan fingerprint density at radius 2 is 1.83 bits per heavy atom. The third-order valence-electron chi connectivity index (χ3n) is 4.29. The summed E-state index contributed by atoms with van der Waals surface area (Å²) < 4.78 is 11.8. The number of halogens is 1. The molecule has 2 aromatic carbocycles. The van der Waals surface area contributed by atoms with Gasteiger partial charge in [0.05, 0.1) is 0 Å². The fourth-order valence-electron chi connectivity index (χ4n) is 2.78. The molecule has 0 radical (unpaired) electrons. The Hall–Kier alpha value is -2.72. The zero-order valence-corrected chi connectivity index (χ0v) is 17.8. The van der Waals surface area contributed by atoms with Crippen LogP contribution in [-0.2, 0) is 13.0 Å². The average molecular weight is 412 g/mol. The highest BCUT2D eigenvalue weighted by Gasteiger charge is 2.16. The summed E-state index contributed by atoms with van der Waals surface area (Å²) in [6, 6.07) is 19.0. The smallest absolute Gasteiger partial charge is 0.287 e. The van der Waals surface area contributed by atoms with E-state index in [0.29, 0.717) is 36.1 Å². The van der Waals surface area contributed by atoms with Gasteiger partial charge in [0.1, 0.15) is 18.1 Å². The van der Waals surface area contributed by atoms with Crippen LogP contribution >= 0.6 is 11.6 Å². The number of rotatable bonds is 7. The lowest BCUT2D eigenvalue weighted by Gasteiger charge is -2.18. The molecule has 4 nitrogen and oxygen atoms in total. The van der Waals surface area contributed by atoms with Gasteiger partial charge in [-0.2, -0.15) is 0 Å². The number of carbonyl (C=O) groups excluding carboxylic acids is 1. The lowest BCUT2D eigenvalue weighted by molar-refractivity contribution is 0.0910. The van der Waals surface area contributed by atoms with Gasteiger partial charge in [-0.1, -0.05) is 62.7 Å². The molecule has 0 unspecified atom stereocenters. The Balaban J connectivity index is 1.69. The molecule has 0 bridgehead atoms. The summed E-state index contributed by atoms with van der Waals surface area (Å²) in [5.74, 6) is 1.52. The molecule has 1 N–H and O–H groups in total. The van der Waals surface area contributed by atoms with Gasteiger partial charge < -0.3 is 14.5 Å². The molecule has 152 valence electrons. The SMILES string of the molecule is CC(C)(C)CNC(=O)c1ccc(Cc2cc(Cl)ccc2OCc2ccccc2)o1. The molecule has 1 heterocycles. The molecule has 0 fully saturated rings. The normalized spacial score (nSPS) is 11.3. The van der Waals surface area contributed by atoms with Gasteiger partial charge in [0.25, 0.3) is 5.91 Å². The van der Waals surface area contributed by atoms with Gasteiger partial charge in [0.2, 0.25) is 0 Å². The molecule has 3 aromatic rings. The van der Waals surface area contributed by atoms with E-state index in [2.05, 4.69) is 26.1 Å². The lowest BCUT2D eigenvalue weighted by Crippen LogP contribution is -2.31. The molecule has 1 aromatic heterocycles. The van der Waals surface area contributed by atoms with Crippen LogP contribution in [-0.4, -0.2) is 12.5 Å². The van der Waals surface area contributed by atoms with Crippen LogP contribution in [0.15, 0.2) is 65.1 Å². The molecule has 0 saturated heterocycles. The van der Waals surface area contributed by atoms with E-state index in [1.807, 2.05) is 48.5 Å². The number of hydrogen-bond donors (Lipinski definition) is 1. The summed E-state index contributed by atoms with van der Waals surface area (Å²) in [6.07, 6.45) is 0.483. The van der Waals surface area contributed by atoms with Crippen molar-refractivity contribution in [3.8, 4) is 5.75 Å². The van der Waals surface area contributed by atoms with E-state index >= 15 is 0 Å². The van der Waals surface area contributed by atoms with Gasteiger partial charge >= 0.3 is 0 Å². The molecule has 0 saturated carbocycles. The van der Waals surface area contributed by atoms with Crippen molar-refractivity contribution in [2.24, 2.45) is 5.41 Å². The Morgan fingerprint density at radius 1 is 1.07 bits per heavy atom. The first-order chi connectivity index (χ1) is 13.8. The summed E-state index contributed by atoms with van der Waals surface area (Å²) in [7, 11) is 0. The van der Waals surface area contributed by atoms with Gasteiger partial charge in [0.15, 0.2) is 5.76 Å². The number of benzene rings is 2. The van der Waals surface area contributed by atoms with E-state index in [9.17, 15) is 4.79 Å². The van der Waals surface area contributed by atoms with Crippen LogP contribution in [0.3, 0.4) is 0 Å². The van der Waals surface area contributed by atoms with Gasteiger partial charge in [-0.15, -0.1) is 0 Å². The van der Waals surface area contributed by atoms with E-state index in [1.165, 1.54) is 0 Å². The van der Waals surface area contributed by atoms with Gasteiger partial charge in [-0.25, -0.2) is 0 Å². The topological polar surface area (TPSA) is 51.5 Å². The maximum Gasteiger partial charge on any atom is 0.287 e. The number of carbonyl (C=O) groups is 1. The predicted molar refractivity (Wildman–Crippen MR) is 116 cm³/mol. The number of hydrogen-bond acceptors (Lipinski definition) is 3. The molecular formula is C24H26ClNO3. The van der Waals surface area contributed by atoms with E-state index in [-0.39, 0.29) is 11.3 Å². The Bertz CT molecular complexity index is 958.